The van der Waals surface area contributed by atoms with Crippen molar-refractivity contribution in [2.75, 3.05) is 69.6 Å². The van der Waals surface area contributed by atoms with Crippen LogP contribution in [0.15, 0.2) is 73.1 Å². The van der Waals surface area contributed by atoms with Gasteiger partial charge in [0, 0.05) is 57.6 Å². The Morgan fingerprint density at radius 3 is 1.64 bits per heavy atom. The van der Waals surface area contributed by atoms with Gasteiger partial charge >= 0.3 is 18.0 Å². The fraction of sp³-hybridized carbons (Fsp3) is 0.415. The molecule has 0 radical (unpaired) electrons. The predicted octanol–water partition coefficient (Wildman–Crippen LogP) is 4.22. The Bertz CT molecular complexity index is 2090. The summed E-state index contributed by atoms with van der Waals surface area (Å²) >= 11 is 0. The standard InChI is InChI=1S/C21H25N5O3.C16H15N5O3.C4H11NO/c1-2-14(13-27)11-18(28)16-6-7-17-20(23-16)26(15-8-10-25(17)12-15)21(29)24-19-5-3-4-9-22-19;22-15(23)11-4-5-12-14(18-11)21(10-6-8-20(12)9-10)16(24)19-13-3-1-2-7-17-13;1-2-4(5)3-6/h3-7,9,14-15,27H,2,8,10-13H2,1H3,(H,22,24,29);1-5,7,10H,6,8-9H2,(H,22,23)(H,17,19,24);4,6H,2-3,5H2,1H3/t14-,15+;10-;4-/m100/s1. The van der Waals surface area contributed by atoms with Crippen molar-refractivity contribution >= 4 is 58.5 Å². The van der Waals surface area contributed by atoms with Crippen LogP contribution in [0.2, 0.25) is 0 Å². The molecule has 4 aromatic heterocycles. The lowest BCUT2D eigenvalue weighted by atomic mass is 9.99. The number of aromatic nitrogens is 4. The predicted molar refractivity (Wildman–Crippen MR) is 223 cm³/mol. The lowest BCUT2D eigenvalue weighted by Crippen LogP contribution is -2.48. The highest BCUT2D eigenvalue weighted by molar-refractivity contribution is 6.06. The van der Waals surface area contributed by atoms with Gasteiger partial charge in [0.2, 0.25) is 0 Å². The molecule has 0 aliphatic carbocycles. The van der Waals surface area contributed by atoms with Crippen LogP contribution in [0.25, 0.3) is 0 Å². The summed E-state index contributed by atoms with van der Waals surface area (Å²) < 4.78 is 0. The molecule has 0 saturated carbocycles. The highest BCUT2D eigenvalue weighted by atomic mass is 16.4. The highest BCUT2D eigenvalue weighted by Crippen LogP contribution is 2.40. The van der Waals surface area contributed by atoms with Gasteiger partial charge in [0.1, 0.15) is 17.3 Å². The molecule has 4 bridgehead atoms. The van der Waals surface area contributed by atoms with Gasteiger partial charge in [-0.25, -0.2) is 34.3 Å². The smallest absolute Gasteiger partial charge is 0.354 e. The van der Waals surface area contributed by atoms with Gasteiger partial charge in [0.05, 0.1) is 30.1 Å². The molecule has 2 saturated heterocycles. The van der Waals surface area contributed by atoms with E-state index >= 15 is 0 Å². The first-order chi connectivity index (χ1) is 28.5. The van der Waals surface area contributed by atoms with Crippen molar-refractivity contribution in [1.29, 1.82) is 0 Å². The molecule has 4 atom stereocenters. The number of amides is 4. The van der Waals surface area contributed by atoms with Crippen LogP contribution in [0.3, 0.4) is 0 Å². The van der Waals surface area contributed by atoms with Crippen molar-refractivity contribution in [3.63, 3.8) is 0 Å². The Kier molecular flexibility index (Phi) is 14.0. The minimum absolute atomic E-state index is 0.00453. The number of nitrogens with two attached hydrogens (primary N) is 1. The third-order valence-electron chi connectivity index (χ3n) is 10.7. The number of hydrogen-bond donors (Lipinski definition) is 6. The zero-order valence-electron chi connectivity index (χ0n) is 33.1. The minimum Gasteiger partial charge on any atom is -0.477 e. The monoisotopic (exact) mass is 809 g/mol. The van der Waals surface area contributed by atoms with E-state index < -0.39 is 5.97 Å². The van der Waals surface area contributed by atoms with Crippen LogP contribution in [0.5, 0.6) is 0 Å². The number of carboxylic acids is 1. The first-order valence-electron chi connectivity index (χ1n) is 19.8. The zero-order valence-corrected chi connectivity index (χ0v) is 33.1. The molecular weight excluding hydrogens is 759 g/mol. The molecule has 4 aromatic rings. The van der Waals surface area contributed by atoms with Crippen LogP contribution in [-0.4, -0.2) is 117 Å². The van der Waals surface area contributed by atoms with E-state index in [1.807, 2.05) is 26.0 Å². The topological polar surface area (TPSA) is 244 Å². The molecule has 0 aromatic carbocycles. The molecule has 18 nitrogen and oxygen atoms in total. The van der Waals surface area contributed by atoms with Crippen molar-refractivity contribution in [2.45, 2.75) is 64.1 Å². The number of nitrogens with zero attached hydrogens (tertiary/aromatic N) is 8. The highest BCUT2D eigenvalue weighted by Gasteiger charge is 2.42. The number of aliphatic hydroxyl groups excluding tert-OH is 2. The number of nitrogens with one attached hydrogen (secondary N) is 2. The van der Waals surface area contributed by atoms with E-state index in [0.29, 0.717) is 29.0 Å². The number of aromatic carboxylic acids is 1. The number of rotatable bonds is 10. The van der Waals surface area contributed by atoms with Gasteiger partial charge in [-0.2, -0.15) is 0 Å². The molecule has 312 valence electrons. The Morgan fingerprint density at radius 1 is 0.729 bits per heavy atom. The second-order valence-electron chi connectivity index (χ2n) is 14.6. The summed E-state index contributed by atoms with van der Waals surface area (Å²) in [5.74, 6) is 0.498. The average molecular weight is 810 g/mol. The number of anilines is 6. The minimum atomic E-state index is -1.11. The molecule has 59 heavy (non-hydrogen) atoms. The Morgan fingerprint density at radius 2 is 1.24 bits per heavy atom. The summed E-state index contributed by atoms with van der Waals surface area (Å²) in [5.41, 5.74) is 7.12. The van der Waals surface area contributed by atoms with Crippen LogP contribution in [0.4, 0.5) is 44.2 Å². The van der Waals surface area contributed by atoms with E-state index in [1.54, 1.807) is 64.7 Å². The van der Waals surface area contributed by atoms with Crippen molar-refractivity contribution in [2.24, 2.45) is 11.7 Å². The average Bonchev–Trinajstić information content (AvgIpc) is 3.88. The first kappa shape index (κ1) is 42.4. The Labute approximate surface area is 342 Å². The Balaban J connectivity index is 0.000000177. The van der Waals surface area contributed by atoms with Crippen LogP contribution in [0.1, 0.15) is 66.9 Å². The third-order valence-corrected chi connectivity index (χ3v) is 10.7. The van der Waals surface area contributed by atoms with Gasteiger partial charge in [-0.15, -0.1) is 0 Å². The zero-order chi connectivity index (χ0) is 42.1. The largest absolute Gasteiger partial charge is 0.477 e. The van der Waals surface area contributed by atoms with Gasteiger partial charge in [0.15, 0.2) is 23.1 Å². The van der Waals surface area contributed by atoms with Gasteiger partial charge in [-0.05, 0) is 73.7 Å². The molecule has 8 rings (SSSR count). The summed E-state index contributed by atoms with van der Waals surface area (Å²) in [6, 6.07) is 16.7. The Hall–Kier alpha value is -6.24. The molecule has 18 heteroatoms. The summed E-state index contributed by atoms with van der Waals surface area (Å²) in [4.78, 5) is 74.3. The SMILES string of the molecule is CC[C@@H](CO)CC(=O)c1ccc2c(n1)N(C(=O)Nc1ccccn1)[C@H]1CCN2C1.CC[C@H](N)CO.O=C(O)c1ccc2c(n1)N(C(=O)Nc1ccccn1)[C@H]1CCN2C1. The van der Waals surface area contributed by atoms with Crippen LogP contribution in [0, 0.1) is 5.92 Å². The number of carbonyl (C=O) groups is 4. The number of aliphatic hydroxyl groups is 2. The summed E-state index contributed by atoms with van der Waals surface area (Å²) in [5, 5.41) is 32.4. The number of urea groups is 2. The number of hydrogen-bond acceptors (Lipinski definition) is 13. The quantitative estimate of drug-likeness (QED) is 0.123. The molecular formula is C41H51N11O7. The second kappa shape index (κ2) is 19.5. The molecule has 0 unspecified atom stereocenters. The lowest BCUT2D eigenvalue weighted by Gasteiger charge is -2.35. The maximum absolute atomic E-state index is 13.1. The van der Waals surface area contributed by atoms with E-state index in [1.165, 1.54) is 6.07 Å². The molecule has 7 N–H and O–H groups in total. The van der Waals surface area contributed by atoms with E-state index in [9.17, 15) is 29.4 Å². The first-order valence-corrected chi connectivity index (χ1v) is 19.8. The maximum Gasteiger partial charge on any atom is 0.354 e. The second-order valence-corrected chi connectivity index (χ2v) is 14.6. The number of ketones is 1. The fourth-order valence-electron chi connectivity index (χ4n) is 7.26. The van der Waals surface area contributed by atoms with E-state index in [4.69, 9.17) is 10.8 Å². The van der Waals surface area contributed by atoms with Crippen LogP contribution >= 0.6 is 0 Å². The molecule has 8 heterocycles. The molecule has 4 amide bonds. The van der Waals surface area contributed by atoms with Crippen molar-refractivity contribution in [3.05, 3.63) is 84.4 Å². The van der Waals surface area contributed by atoms with Crippen LogP contribution < -0.4 is 36.0 Å². The summed E-state index contributed by atoms with van der Waals surface area (Å²) in [6.45, 7) is 7.11. The normalized spacial score (nSPS) is 17.9. The summed E-state index contributed by atoms with van der Waals surface area (Å²) in [6.07, 6.45) is 6.70. The lowest BCUT2D eigenvalue weighted by molar-refractivity contribution is 0.0690. The number of fused-ring (bicyclic) bond motifs is 8. The fourth-order valence-corrected chi connectivity index (χ4v) is 7.26. The number of Topliss-reactive ketones (excluding diaryl/α,β-unsaturated/α-hetero) is 1. The van der Waals surface area contributed by atoms with Crippen molar-refractivity contribution < 1.29 is 34.5 Å². The molecule has 0 spiro atoms. The third kappa shape index (κ3) is 9.90. The van der Waals surface area contributed by atoms with Crippen molar-refractivity contribution in [1.82, 2.24) is 19.9 Å². The van der Waals surface area contributed by atoms with Crippen LogP contribution in [-0.2, 0) is 0 Å². The molecule has 4 aliphatic heterocycles. The van der Waals surface area contributed by atoms with Gasteiger partial charge < -0.3 is 30.9 Å². The van der Waals surface area contributed by atoms with E-state index in [-0.39, 0.29) is 67.2 Å². The number of pyridine rings is 4. The number of carboxylic acid groups (broad SMARTS) is 1. The molecule has 2 fully saturated rings. The maximum atomic E-state index is 13.1. The van der Waals surface area contributed by atoms with E-state index in [2.05, 4.69) is 40.4 Å². The van der Waals surface area contributed by atoms with Gasteiger partial charge in [0.25, 0.3) is 0 Å². The van der Waals surface area contributed by atoms with Crippen molar-refractivity contribution in [3.8, 4) is 0 Å². The number of carbonyl (C=O) groups excluding carboxylic acids is 3. The van der Waals surface area contributed by atoms with Gasteiger partial charge in [-0.1, -0.05) is 32.4 Å². The summed E-state index contributed by atoms with van der Waals surface area (Å²) in [7, 11) is 0. The van der Waals surface area contributed by atoms with E-state index in [0.717, 1.165) is 63.2 Å². The molecule has 4 aliphatic rings. The van der Waals surface area contributed by atoms with Gasteiger partial charge in [-0.3, -0.25) is 25.2 Å².